The van der Waals surface area contributed by atoms with E-state index in [1.54, 1.807) is 0 Å². The van der Waals surface area contributed by atoms with Gasteiger partial charge in [-0.25, -0.2) is 0 Å². The summed E-state index contributed by atoms with van der Waals surface area (Å²) >= 11 is 0. The Bertz CT molecular complexity index is 243. The van der Waals surface area contributed by atoms with Crippen molar-refractivity contribution in [2.45, 2.75) is 65.3 Å². The molecule has 1 amide bonds. The van der Waals surface area contributed by atoms with Gasteiger partial charge in [0.2, 0.25) is 5.91 Å². The van der Waals surface area contributed by atoms with E-state index < -0.39 is 0 Å². The molecule has 0 aromatic heterocycles. The molecule has 0 saturated heterocycles. The van der Waals surface area contributed by atoms with E-state index in [-0.39, 0.29) is 17.4 Å². The Kier molecular flexibility index (Phi) is 5.44. The van der Waals surface area contributed by atoms with Crippen molar-refractivity contribution in [3.63, 3.8) is 0 Å². The number of rotatable bonds is 6. The Labute approximate surface area is 106 Å². The molecular weight excluding hydrogens is 212 g/mol. The molecule has 0 aromatic rings. The highest BCUT2D eigenvalue weighted by Crippen LogP contribution is 2.43. The van der Waals surface area contributed by atoms with E-state index >= 15 is 0 Å². The Morgan fingerprint density at radius 1 is 1.29 bits per heavy atom. The van der Waals surface area contributed by atoms with Crippen molar-refractivity contribution in [3.8, 4) is 0 Å². The van der Waals surface area contributed by atoms with Crippen molar-refractivity contribution in [2.24, 2.45) is 17.1 Å². The molecule has 0 radical (unpaired) electrons. The zero-order valence-electron chi connectivity index (χ0n) is 11.6. The number of hydrogen-bond acceptors (Lipinski definition) is 2. The highest BCUT2D eigenvalue weighted by atomic mass is 16.2. The first-order chi connectivity index (χ1) is 7.96. The first-order valence-corrected chi connectivity index (χ1v) is 7.00. The second-order valence-electron chi connectivity index (χ2n) is 6.11. The minimum Gasteiger partial charge on any atom is -0.356 e. The van der Waals surface area contributed by atoms with Gasteiger partial charge in [-0.1, -0.05) is 26.7 Å². The van der Waals surface area contributed by atoms with Gasteiger partial charge in [0.1, 0.15) is 0 Å². The SMILES string of the molecule is CC(C)CC1(C(=O)NCCC(C)N)CCCC1. The zero-order valence-corrected chi connectivity index (χ0v) is 11.6. The lowest BCUT2D eigenvalue weighted by atomic mass is 9.77. The van der Waals surface area contributed by atoms with Gasteiger partial charge in [-0.05, 0) is 38.5 Å². The molecule has 100 valence electrons. The van der Waals surface area contributed by atoms with Crippen LogP contribution in [0.25, 0.3) is 0 Å². The Hall–Kier alpha value is -0.570. The number of nitrogens with two attached hydrogens (primary N) is 1. The molecular formula is C14H28N2O. The van der Waals surface area contributed by atoms with Crippen molar-refractivity contribution >= 4 is 5.91 Å². The summed E-state index contributed by atoms with van der Waals surface area (Å²) in [6.07, 6.45) is 6.42. The molecule has 0 bridgehead atoms. The molecule has 1 unspecified atom stereocenters. The van der Waals surface area contributed by atoms with Crippen LogP contribution < -0.4 is 11.1 Å². The molecule has 1 rings (SSSR count). The van der Waals surface area contributed by atoms with Crippen molar-refractivity contribution in [1.29, 1.82) is 0 Å². The summed E-state index contributed by atoms with van der Waals surface area (Å²) in [4.78, 5) is 12.3. The van der Waals surface area contributed by atoms with Crippen LogP contribution in [-0.4, -0.2) is 18.5 Å². The summed E-state index contributed by atoms with van der Waals surface area (Å²) in [5, 5.41) is 3.08. The first-order valence-electron chi connectivity index (χ1n) is 7.00. The average Bonchev–Trinajstić information content (AvgIpc) is 2.65. The zero-order chi connectivity index (χ0) is 12.9. The molecule has 3 nitrogen and oxygen atoms in total. The third-order valence-electron chi connectivity index (χ3n) is 3.73. The van der Waals surface area contributed by atoms with Crippen LogP contribution in [0.15, 0.2) is 0 Å². The minimum absolute atomic E-state index is 0.0774. The van der Waals surface area contributed by atoms with Gasteiger partial charge in [0.25, 0.3) is 0 Å². The van der Waals surface area contributed by atoms with Gasteiger partial charge < -0.3 is 11.1 Å². The van der Waals surface area contributed by atoms with Crippen LogP contribution in [0.5, 0.6) is 0 Å². The van der Waals surface area contributed by atoms with Gasteiger partial charge in [-0.3, -0.25) is 4.79 Å². The molecule has 3 N–H and O–H groups in total. The number of carbonyl (C=O) groups excluding carboxylic acids is 1. The van der Waals surface area contributed by atoms with Gasteiger partial charge >= 0.3 is 0 Å². The van der Waals surface area contributed by atoms with E-state index in [0.717, 1.165) is 32.2 Å². The molecule has 3 heteroatoms. The molecule has 0 aliphatic heterocycles. The molecule has 1 saturated carbocycles. The van der Waals surface area contributed by atoms with Crippen LogP contribution in [0.2, 0.25) is 0 Å². The molecule has 1 fully saturated rings. The third kappa shape index (κ3) is 4.30. The maximum absolute atomic E-state index is 12.3. The van der Waals surface area contributed by atoms with Crippen LogP contribution in [0.1, 0.15) is 59.3 Å². The number of nitrogens with one attached hydrogen (secondary N) is 1. The summed E-state index contributed by atoms with van der Waals surface area (Å²) in [7, 11) is 0. The van der Waals surface area contributed by atoms with Crippen LogP contribution in [-0.2, 0) is 4.79 Å². The Morgan fingerprint density at radius 3 is 2.35 bits per heavy atom. The van der Waals surface area contributed by atoms with E-state index in [2.05, 4.69) is 19.2 Å². The van der Waals surface area contributed by atoms with Crippen molar-refractivity contribution < 1.29 is 4.79 Å². The summed E-state index contributed by atoms with van der Waals surface area (Å²) in [6, 6.07) is 0.167. The molecule has 1 atom stereocenters. The lowest BCUT2D eigenvalue weighted by Gasteiger charge is -2.29. The topological polar surface area (TPSA) is 55.1 Å². The number of hydrogen-bond donors (Lipinski definition) is 2. The van der Waals surface area contributed by atoms with Crippen LogP contribution in [0.4, 0.5) is 0 Å². The van der Waals surface area contributed by atoms with Crippen LogP contribution >= 0.6 is 0 Å². The molecule has 0 aromatic carbocycles. The van der Waals surface area contributed by atoms with Gasteiger partial charge in [0, 0.05) is 18.0 Å². The summed E-state index contributed by atoms with van der Waals surface area (Å²) < 4.78 is 0. The summed E-state index contributed by atoms with van der Waals surface area (Å²) in [5.74, 6) is 0.858. The smallest absolute Gasteiger partial charge is 0.226 e. The lowest BCUT2D eigenvalue weighted by Crippen LogP contribution is -2.41. The second-order valence-corrected chi connectivity index (χ2v) is 6.11. The lowest BCUT2D eigenvalue weighted by molar-refractivity contribution is -0.131. The fraction of sp³-hybridized carbons (Fsp3) is 0.929. The van der Waals surface area contributed by atoms with Gasteiger partial charge in [-0.15, -0.1) is 0 Å². The van der Waals surface area contributed by atoms with Crippen molar-refractivity contribution in [1.82, 2.24) is 5.32 Å². The highest BCUT2D eigenvalue weighted by Gasteiger charge is 2.40. The highest BCUT2D eigenvalue weighted by molar-refractivity contribution is 5.82. The standard InChI is InChI=1S/C14H28N2O/c1-11(2)10-14(7-4-5-8-14)13(17)16-9-6-12(3)15/h11-12H,4-10,15H2,1-3H3,(H,16,17). The van der Waals surface area contributed by atoms with E-state index in [4.69, 9.17) is 5.73 Å². The van der Waals surface area contributed by atoms with E-state index in [0.29, 0.717) is 5.92 Å². The predicted molar refractivity (Wildman–Crippen MR) is 71.6 cm³/mol. The van der Waals surface area contributed by atoms with Gasteiger partial charge in [-0.2, -0.15) is 0 Å². The third-order valence-corrected chi connectivity index (χ3v) is 3.73. The van der Waals surface area contributed by atoms with Crippen molar-refractivity contribution in [3.05, 3.63) is 0 Å². The van der Waals surface area contributed by atoms with E-state index in [1.807, 2.05) is 6.92 Å². The average molecular weight is 240 g/mol. The molecule has 0 spiro atoms. The predicted octanol–water partition coefficient (Wildman–Crippen LogP) is 2.45. The summed E-state index contributed by atoms with van der Waals surface area (Å²) in [6.45, 7) is 7.10. The summed E-state index contributed by atoms with van der Waals surface area (Å²) in [5.41, 5.74) is 5.62. The Balaban J connectivity index is 2.49. The fourth-order valence-corrected chi connectivity index (χ4v) is 2.96. The van der Waals surface area contributed by atoms with Gasteiger partial charge in [0.05, 0.1) is 0 Å². The molecule has 17 heavy (non-hydrogen) atoms. The monoisotopic (exact) mass is 240 g/mol. The fourth-order valence-electron chi connectivity index (χ4n) is 2.96. The molecule has 1 aliphatic rings. The van der Waals surface area contributed by atoms with E-state index in [9.17, 15) is 4.79 Å². The maximum Gasteiger partial charge on any atom is 0.226 e. The van der Waals surface area contributed by atoms with E-state index in [1.165, 1.54) is 12.8 Å². The molecule has 0 heterocycles. The van der Waals surface area contributed by atoms with Crippen LogP contribution in [0.3, 0.4) is 0 Å². The minimum atomic E-state index is -0.0774. The molecule has 1 aliphatic carbocycles. The quantitative estimate of drug-likeness (QED) is 0.749. The van der Waals surface area contributed by atoms with Gasteiger partial charge in [0.15, 0.2) is 0 Å². The first kappa shape index (κ1) is 14.5. The number of amides is 1. The number of carbonyl (C=O) groups is 1. The normalized spacial score (nSPS) is 20.5. The largest absolute Gasteiger partial charge is 0.356 e. The Morgan fingerprint density at radius 2 is 1.88 bits per heavy atom. The maximum atomic E-state index is 12.3. The van der Waals surface area contributed by atoms with Crippen molar-refractivity contribution in [2.75, 3.05) is 6.54 Å². The van der Waals surface area contributed by atoms with Crippen LogP contribution in [0, 0.1) is 11.3 Å². The second kappa shape index (κ2) is 6.39.